The summed E-state index contributed by atoms with van der Waals surface area (Å²) in [5, 5.41) is 12.7. The Morgan fingerprint density at radius 2 is 1.85 bits per heavy atom. The van der Waals surface area contributed by atoms with Crippen LogP contribution in [-0.2, 0) is 19.6 Å². The van der Waals surface area contributed by atoms with E-state index < -0.39 is 0 Å². The van der Waals surface area contributed by atoms with E-state index in [0.29, 0.717) is 31.4 Å². The highest BCUT2D eigenvalue weighted by molar-refractivity contribution is 9.10. The van der Waals surface area contributed by atoms with Crippen molar-refractivity contribution in [2.45, 2.75) is 33.4 Å². The van der Waals surface area contributed by atoms with Gasteiger partial charge in [0.05, 0.1) is 12.8 Å². The minimum absolute atomic E-state index is 0.392. The van der Waals surface area contributed by atoms with Crippen LogP contribution in [0, 0.1) is 13.8 Å². The predicted molar refractivity (Wildman–Crippen MR) is 130 cm³/mol. The minimum atomic E-state index is 0.392. The van der Waals surface area contributed by atoms with Gasteiger partial charge in [0, 0.05) is 34.8 Å². The Bertz CT molecular complexity index is 1250. The maximum atomic E-state index is 5.91. The van der Waals surface area contributed by atoms with Crippen LogP contribution in [0.1, 0.15) is 34.3 Å². The summed E-state index contributed by atoms with van der Waals surface area (Å²) in [4.78, 5) is 0. The average molecular weight is 509 g/mol. The third-order valence-corrected chi connectivity index (χ3v) is 5.58. The van der Waals surface area contributed by atoms with Gasteiger partial charge in [-0.25, -0.2) is 0 Å². The number of aromatic nitrogens is 4. The quantitative estimate of drug-likeness (QED) is 0.291. The zero-order valence-corrected chi connectivity index (χ0v) is 20.4. The molecule has 2 aromatic heterocycles. The van der Waals surface area contributed by atoms with Crippen molar-refractivity contribution in [3.8, 4) is 11.5 Å². The Morgan fingerprint density at radius 3 is 2.58 bits per heavy atom. The Kier molecular flexibility index (Phi) is 7.24. The van der Waals surface area contributed by atoms with Crippen LogP contribution in [0.4, 0.5) is 0 Å². The van der Waals surface area contributed by atoms with Crippen molar-refractivity contribution in [1.29, 1.82) is 0 Å². The lowest BCUT2D eigenvalue weighted by Gasteiger charge is -2.11. The molecule has 0 unspecified atom stereocenters. The molecule has 0 aliphatic heterocycles. The fraction of sp³-hybridized carbons (Fsp3) is 0.240. The number of halogens is 1. The van der Waals surface area contributed by atoms with Crippen LogP contribution >= 0.6 is 15.9 Å². The lowest BCUT2D eigenvalue weighted by atomic mass is 10.1. The van der Waals surface area contributed by atoms with Gasteiger partial charge in [0.25, 0.3) is 0 Å². The summed E-state index contributed by atoms with van der Waals surface area (Å²) in [6, 6.07) is 15.7. The van der Waals surface area contributed by atoms with E-state index >= 15 is 0 Å². The highest BCUT2D eigenvalue weighted by atomic mass is 79.9. The molecule has 0 spiro atoms. The molecular formula is C25H25BrN4O3. The summed E-state index contributed by atoms with van der Waals surface area (Å²) >= 11 is 3.43. The van der Waals surface area contributed by atoms with Gasteiger partial charge in [0.2, 0.25) is 11.8 Å². The molecule has 0 N–H and O–H groups in total. The molecule has 0 saturated heterocycles. The summed E-state index contributed by atoms with van der Waals surface area (Å²) < 4.78 is 20.1. The molecule has 33 heavy (non-hydrogen) atoms. The first-order chi connectivity index (χ1) is 16.0. The van der Waals surface area contributed by atoms with Gasteiger partial charge in [-0.2, -0.15) is 5.10 Å². The Morgan fingerprint density at radius 1 is 1.03 bits per heavy atom. The topological polar surface area (TPSA) is 75.2 Å². The van der Waals surface area contributed by atoms with E-state index in [2.05, 4.69) is 37.3 Å². The Labute approximate surface area is 201 Å². The van der Waals surface area contributed by atoms with Gasteiger partial charge < -0.3 is 13.9 Å². The van der Waals surface area contributed by atoms with Gasteiger partial charge in [-0.1, -0.05) is 22.0 Å². The fourth-order valence-electron chi connectivity index (χ4n) is 3.41. The molecule has 8 heteroatoms. The summed E-state index contributed by atoms with van der Waals surface area (Å²) in [7, 11) is 1.65. The molecule has 0 aliphatic rings. The fourth-order valence-corrected chi connectivity index (χ4v) is 3.68. The molecule has 0 radical (unpaired) electrons. The van der Waals surface area contributed by atoms with Crippen LogP contribution in [0.5, 0.6) is 11.5 Å². The molecule has 4 aromatic rings. The van der Waals surface area contributed by atoms with Gasteiger partial charge in [0.15, 0.2) is 0 Å². The van der Waals surface area contributed by atoms with Crippen molar-refractivity contribution in [3.05, 3.63) is 87.3 Å². The van der Waals surface area contributed by atoms with Crippen LogP contribution < -0.4 is 9.47 Å². The van der Waals surface area contributed by atoms with Crippen molar-refractivity contribution in [1.82, 2.24) is 20.0 Å². The van der Waals surface area contributed by atoms with Crippen molar-refractivity contribution in [2.75, 3.05) is 7.11 Å². The third-order valence-electron chi connectivity index (χ3n) is 5.05. The first-order valence-corrected chi connectivity index (χ1v) is 11.4. The second-order valence-electron chi connectivity index (χ2n) is 7.58. The number of ether oxygens (including phenoxy) is 2. The summed E-state index contributed by atoms with van der Waals surface area (Å²) in [5.74, 6) is 2.61. The molecule has 2 aromatic carbocycles. The van der Waals surface area contributed by atoms with Crippen LogP contribution in [0.15, 0.2) is 57.4 Å². The Balaban J connectivity index is 1.39. The second kappa shape index (κ2) is 10.5. The van der Waals surface area contributed by atoms with Gasteiger partial charge in [-0.15, -0.1) is 10.2 Å². The SMILES string of the molecule is COc1ccc(/C=C\c2nnc(CCn3nc(C)cc3C)o2)cc1COc1ccc(Br)cc1. The number of hydrogen-bond donors (Lipinski definition) is 0. The van der Waals surface area contributed by atoms with E-state index in [4.69, 9.17) is 13.9 Å². The smallest absolute Gasteiger partial charge is 0.240 e. The van der Waals surface area contributed by atoms with Gasteiger partial charge >= 0.3 is 0 Å². The molecule has 170 valence electrons. The molecule has 0 aliphatic carbocycles. The molecule has 2 heterocycles. The van der Waals surface area contributed by atoms with Crippen LogP contribution in [0.3, 0.4) is 0 Å². The number of aryl methyl sites for hydroxylation is 4. The van der Waals surface area contributed by atoms with Crippen LogP contribution in [0.25, 0.3) is 12.2 Å². The number of nitrogens with zero attached hydrogens (tertiary/aromatic N) is 4. The minimum Gasteiger partial charge on any atom is -0.496 e. The molecule has 0 saturated carbocycles. The maximum Gasteiger partial charge on any atom is 0.240 e. The zero-order chi connectivity index (χ0) is 23.2. The highest BCUT2D eigenvalue weighted by Crippen LogP contribution is 2.24. The Hall–Kier alpha value is -3.39. The van der Waals surface area contributed by atoms with Gasteiger partial charge in [0.1, 0.15) is 18.1 Å². The lowest BCUT2D eigenvalue weighted by Crippen LogP contribution is -2.05. The lowest BCUT2D eigenvalue weighted by molar-refractivity contribution is 0.296. The van der Waals surface area contributed by atoms with Crippen LogP contribution in [-0.4, -0.2) is 27.1 Å². The molecule has 0 bridgehead atoms. The molecule has 0 atom stereocenters. The first-order valence-electron chi connectivity index (χ1n) is 10.6. The van der Waals surface area contributed by atoms with E-state index in [-0.39, 0.29) is 0 Å². The number of hydrogen-bond acceptors (Lipinski definition) is 6. The molecule has 4 rings (SSSR count). The van der Waals surface area contributed by atoms with E-state index in [1.165, 1.54) is 0 Å². The standard InChI is InChI=1S/C25H25BrN4O3/c1-17-14-18(2)30(29-17)13-12-25-28-27-24(33-25)11-5-19-4-10-23(31-3)20(15-19)16-32-22-8-6-21(26)7-9-22/h4-11,14-15H,12-13,16H2,1-3H3/b11-5-. The van der Waals surface area contributed by atoms with Crippen molar-refractivity contribution >= 4 is 28.1 Å². The number of methoxy groups -OCH3 is 1. The summed E-state index contributed by atoms with van der Waals surface area (Å²) in [6.45, 7) is 5.11. The van der Waals surface area contributed by atoms with Crippen LogP contribution in [0.2, 0.25) is 0 Å². The predicted octanol–water partition coefficient (Wildman–Crippen LogP) is 5.65. The molecular weight excluding hydrogens is 484 g/mol. The van der Waals surface area contributed by atoms with Crippen molar-refractivity contribution in [3.63, 3.8) is 0 Å². The zero-order valence-electron chi connectivity index (χ0n) is 18.8. The maximum absolute atomic E-state index is 5.91. The molecule has 7 nitrogen and oxygen atoms in total. The average Bonchev–Trinajstić information content (AvgIpc) is 3.40. The van der Waals surface area contributed by atoms with E-state index in [1.54, 1.807) is 13.2 Å². The van der Waals surface area contributed by atoms with Gasteiger partial charge in [-0.05, 0) is 68.0 Å². The summed E-state index contributed by atoms with van der Waals surface area (Å²) in [6.07, 6.45) is 4.37. The van der Waals surface area contributed by atoms with Crippen molar-refractivity contribution in [2.24, 2.45) is 0 Å². The largest absolute Gasteiger partial charge is 0.496 e. The highest BCUT2D eigenvalue weighted by Gasteiger charge is 2.08. The molecule has 0 amide bonds. The number of benzene rings is 2. The van der Waals surface area contributed by atoms with E-state index in [9.17, 15) is 0 Å². The number of rotatable bonds is 9. The second-order valence-corrected chi connectivity index (χ2v) is 8.50. The first kappa shape index (κ1) is 22.8. The summed E-state index contributed by atoms with van der Waals surface area (Å²) in [5.41, 5.74) is 4.04. The van der Waals surface area contributed by atoms with E-state index in [0.717, 1.165) is 38.5 Å². The van der Waals surface area contributed by atoms with E-state index in [1.807, 2.05) is 67.1 Å². The van der Waals surface area contributed by atoms with Crippen molar-refractivity contribution < 1.29 is 13.9 Å². The monoisotopic (exact) mass is 508 g/mol. The normalized spacial score (nSPS) is 11.3. The third kappa shape index (κ3) is 6.10. The molecule has 0 fully saturated rings. The van der Waals surface area contributed by atoms with Gasteiger partial charge in [-0.3, -0.25) is 4.68 Å².